The smallest absolute Gasteiger partial charge is 0.317 e. The minimum absolute atomic E-state index is 0.226. The largest absolute Gasteiger partial charge is 0.480 e. The quantitative estimate of drug-likeness (QED) is 0.245. The molecule has 1 saturated heterocycles. The fourth-order valence-corrected chi connectivity index (χ4v) is 3.84. The van der Waals surface area contributed by atoms with Crippen LogP contribution in [0.15, 0.2) is 0 Å². The Kier molecular flexibility index (Phi) is 11.8. The van der Waals surface area contributed by atoms with Gasteiger partial charge in [-0.2, -0.15) is 12.6 Å². The number of aliphatic carboxylic acids is 4. The average molecular weight is 465 g/mol. The van der Waals surface area contributed by atoms with Crippen LogP contribution in [0.4, 0.5) is 0 Å². The zero-order chi connectivity index (χ0) is 23.6. The number of hydrogen-bond acceptors (Lipinski definition) is 9. The molecule has 1 aliphatic rings. The van der Waals surface area contributed by atoms with Gasteiger partial charge < -0.3 is 20.4 Å². The van der Waals surface area contributed by atoms with E-state index in [0.29, 0.717) is 0 Å². The molecule has 0 bridgehead atoms. The maximum Gasteiger partial charge on any atom is 0.317 e. The molecule has 13 heteroatoms. The molecule has 2 atom stereocenters. The van der Waals surface area contributed by atoms with Crippen LogP contribution in [-0.2, 0) is 19.2 Å². The van der Waals surface area contributed by atoms with Crippen molar-refractivity contribution in [1.29, 1.82) is 0 Å². The minimum atomic E-state index is -1.05. The van der Waals surface area contributed by atoms with Crippen molar-refractivity contribution in [3.63, 3.8) is 0 Å². The molecule has 0 saturated carbocycles. The lowest BCUT2D eigenvalue weighted by molar-refractivity contribution is -0.142. The van der Waals surface area contributed by atoms with Crippen LogP contribution in [0.5, 0.6) is 0 Å². The predicted molar refractivity (Wildman–Crippen MR) is 114 cm³/mol. The highest BCUT2D eigenvalue weighted by molar-refractivity contribution is 7.81. The lowest BCUT2D eigenvalue weighted by Crippen LogP contribution is -2.55. The molecule has 0 aromatic heterocycles. The average Bonchev–Trinajstić information content (AvgIpc) is 2.61. The standard InChI is InChI=1S/C18H32N4O8S/c1-13(31)14-8-21(11-17(27)28)5-4-19(9-15(23)24)2-3-20(10-16(25)26)6-7-22(14)12-18(29)30/h13-14,31H,2-12H2,1H3,(H,23,24)(H,25,26)(H,27,28)(H,29,30). The lowest BCUT2D eigenvalue weighted by Gasteiger charge is -2.39. The van der Waals surface area contributed by atoms with Crippen molar-refractivity contribution in [1.82, 2.24) is 19.6 Å². The van der Waals surface area contributed by atoms with Gasteiger partial charge in [-0.25, -0.2) is 0 Å². The molecule has 178 valence electrons. The van der Waals surface area contributed by atoms with E-state index >= 15 is 0 Å². The van der Waals surface area contributed by atoms with Crippen molar-refractivity contribution >= 4 is 36.5 Å². The Morgan fingerprint density at radius 2 is 1.06 bits per heavy atom. The second-order valence-corrected chi connectivity index (χ2v) is 8.46. The molecule has 0 aromatic rings. The summed E-state index contributed by atoms with van der Waals surface area (Å²) in [6.45, 7) is 2.55. The Morgan fingerprint density at radius 3 is 1.45 bits per heavy atom. The van der Waals surface area contributed by atoms with Crippen LogP contribution in [0.3, 0.4) is 0 Å². The maximum atomic E-state index is 11.4. The summed E-state index contributed by atoms with van der Waals surface area (Å²) in [7, 11) is 0. The van der Waals surface area contributed by atoms with Crippen LogP contribution in [0.2, 0.25) is 0 Å². The van der Waals surface area contributed by atoms with E-state index in [0.717, 1.165) is 0 Å². The lowest BCUT2D eigenvalue weighted by atomic mass is 10.1. The summed E-state index contributed by atoms with van der Waals surface area (Å²) in [5.74, 6) is -4.15. The first-order valence-corrected chi connectivity index (χ1v) is 10.5. The summed E-state index contributed by atoms with van der Waals surface area (Å²) in [5, 5.41) is 36.7. The number of carboxylic acid groups (broad SMARTS) is 4. The number of thiol groups is 1. The summed E-state index contributed by atoms with van der Waals surface area (Å²) < 4.78 is 0. The molecule has 1 aliphatic heterocycles. The Labute approximate surface area is 186 Å². The van der Waals surface area contributed by atoms with E-state index in [1.54, 1.807) is 26.5 Å². The molecule has 0 amide bonds. The Balaban J connectivity index is 3.17. The van der Waals surface area contributed by atoms with Crippen LogP contribution in [0.25, 0.3) is 0 Å². The van der Waals surface area contributed by atoms with Gasteiger partial charge in [0, 0.05) is 57.1 Å². The molecule has 4 N–H and O–H groups in total. The molecular formula is C18H32N4O8S. The van der Waals surface area contributed by atoms with Crippen LogP contribution in [0.1, 0.15) is 6.92 Å². The number of nitrogens with zero attached hydrogens (tertiary/aromatic N) is 4. The van der Waals surface area contributed by atoms with E-state index < -0.39 is 29.9 Å². The fourth-order valence-electron chi connectivity index (χ4n) is 3.56. The van der Waals surface area contributed by atoms with Gasteiger partial charge in [0.1, 0.15) is 0 Å². The third-order valence-corrected chi connectivity index (χ3v) is 5.40. The molecule has 0 radical (unpaired) electrons. The van der Waals surface area contributed by atoms with E-state index in [9.17, 15) is 39.6 Å². The molecule has 2 unspecified atom stereocenters. The van der Waals surface area contributed by atoms with Crippen molar-refractivity contribution in [3.8, 4) is 0 Å². The van der Waals surface area contributed by atoms with Gasteiger partial charge in [0.2, 0.25) is 0 Å². The first-order chi connectivity index (χ1) is 14.5. The molecule has 1 fully saturated rings. The van der Waals surface area contributed by atoms with E-state index in [1.807, 2.05) is 0 Å². The normalized spacial score (nSPS) is 22.2. The van der Waals surface area contributed by atoms with Crippen LogP contribution < -0.4 is 0 Å². The summed E-state index contributed by atoms with van der Waals surface area (Å²) >= 11 is 4.48. The van der Waals surface area contributed by atoms with Gasteiger partial charge in [0.05, 0.1) is 26.2 Å². The molecule has 1 heterocycles. The fraction of sp³-hybridized carbons (Fsp3) is 0.778. The molecule has 31 heavy (non-hydrogen) atoms. The third kappa shape index (κ3) is 11.3. The van der Waals surface area contributed by atoms with Gasteiger partial charge in [0.15, 0.2) is 0 Å². The van der Waals surface area contributed by atoms with Crippen molar-refractivity contribution in [2.75, 3.05) is 72.0 Å². The molecule has 0 aromatic carbocycles. The Bertz CT molecular complexity index is 636. The maximum absolute atomic E-state index is 11.4. The van der Waals surface area contributed by atoms with E-state index in [2.05, 4.69) is 12.6 Å². The minimum Gasteiger partial charge on any atom is -0.480 e. The first kappa shape index (κ1) is 27.1. The summed E-state index contributed by atoms with van der Waals surface area (Å²) in [6, 6.07) is -0.405. The monoisotopic (exact) mass is 464 g/mol. The highest BCUT2D eigenvalue weighted by atomic mass is 32.1. The number of rotatable bonds is 9. The van der Waals surface area contributed by atoms with Gasteiger partial charge in [0.25, 0.3) is 0 Å². The van der Waals surface area contributed by atoms with E-state index in [4.69, 9.17) is 0 Å². The molecule has 12 nitrogen and oxygen atoms in total. The molecule has 1 rings (SSSR count). The van der Waals surface area contributed by atoms with Crippen LogP contribution in [0, 0.1) is 0 Å². The molecule has 0 spiro atoms. The summed E-state index contributed by atoms with van der Waals surface area (Å²) in [6.07, 6.45) is 0. The van der Waals surface area contributed by atoms with Crippen molar-refractivity contribution in [3.05, 3.63) is 0 Å². The highest BCUT2D eigenvalue weighted by Crippen LogP contribution is 2.14. The van der Waals surface area contributed by atoms with Gasteiger partial charge >= 0.3 is 23.9 Å². The highest BCUT2D eigenvalue weighted by Gasteiger charge is 2.29. The van der Waals surface area contributed by atoms with Gasteiger partial charge in [-0.15, -0.1) is 0 Å². The van der Waals surface area contributed by atoms with E-state index in [1.165, 1.54) is 0 Å². The second kappa shape index (κ2) is 13.5. The SMILES string of the molecule is CC(S)C1CN(CC(=O)O)CCN(CC(=O)O)CCN(CC(=O)O)CCN1CC(=O)O. The second-order valence-electron chi connectivity index (χ2n) is 7.64. The van der Waals surface area contributed by atoms with Crippen molar-refractivity contribution in [2.24, 2.45) is 0 Å². The number of hydrogen-bond donors (Lipinski definition) is 5. The first-order valence-electron chi connectivity index (χ1n) is 9.94. The summed E-state index contributed by atoms with van der Waals surface area (Å²) in [4.78, 5) is 51.9. The molecular weight excluding hydrogens is 432 g/mol. The Hall–Kier alpha value is -1.93. The van der Waals surface area contributed by atoms with E-state index in [-0.39, 0.29) is 77.2 Å². The van der Waals surface area contributed by atoms with Crippen molar-refractivity contribution in [2.45, 2.75) is 18.2 Å². The Morgan fingerprint density at radius 1 is 0.710 bits per heavy atom. The van der Waals surface area contributed by atoms with Crippen LogP contribution >= 0.6 is 12.6 Å². The van der Waals surface area contributed by atoms with Gasteiger partial charge in [-0.3, -0.25) is 38.8 Å². The van der Waals surface area contributed by atoms with Gasteiger partial charge in [-0.05, 0) is 0 Å². The topological polar surface area (TPSA) is 162 Å². The zero-order valence-electron chi connectivity index (χ0n) is 17.6. The predicted octanol–water partition coefficient (Wildman–Crippen LogP) is -1.77. The number of carbonyl (C=O) groups is 4. The van der Waals surface area contributed by atoms with Gasteiger partial charge in [-0.1, -0.05) is 6.92 Å². The zero-order valence-corrected chi connectivity index (χ0v) is 18.5. The molecule has 0 aliphatic carbocycles. The van der Waals surface area contributed by atoms with Crippen molar-refractivity contribution < 1.29 is 39.6 Å². The number of carboxylic acids is 4. The van der Waals surface area contributed by atoms with Crippen LogP contribution in [-0.4, -0.2) is 147 Å². The third-order valence-electron chi connectivity index (χ3n) is 5.05. The summed E-state index contributed by atoms with van der Waals surface area (Å²) in [5.41, 5.74) is 0.